The zero-order chi connectivity index (χ0) is 18.1. The number of allylic oxidation sites excluding steroid dienone is 1. The summed E-state index contributed by atoms with van der Waals surface area (Å²) < 4.78 is 20.0. The lowest BCUT2D eigenvalue weighted by Gasteiger charge is -2.33. The van der Waals surface area contributed by atoms with Crippen LogP contribution in [0.15, 0.2) is 24.3 Å². The maximum absolute atomic E-state index is 14.6. The molecule has 0 saturated heterocycles. The summed E-state index contributed by atoms with van der Waals surface area (Å²) in [7, 11) is 4.13. The summed E-state index contributed by atoms with van der Waals surface area (Å²) in [6, 6.07) is 4.66. The summed E-state index contributed by atoms with van der Waals surface area (Å²) in [4.78, 5) is 14.0. The predicted octanol–water partition coefficient (Wildman–Crippen LogP) is 4.38. The Labute approximate surface area is 149 Å². The third-order valence-electron chi connectivity index (χ3n) is 5.40. The number of hydrogen-bond donors (Lipinski definition) is 0. The van der Waals surface area contributed by atoms with E-state index in [4.69, 9.17) is 4.74 Å². The average Bonchev–Trinajstić information content (AvgIpc) is 2.94. The van der Waals surface area contributed by atoms with E-state index in [1.807, 2.05) is 0 Å². The third kappa shape index (κ3) is 3.95. The van der Waals surface area contributed by atoms with E-state index in [0.717, 1.165) is 12.1 Å². The number of rotatable bonds is 5. The molecule has 0 aromatic heterocycles. The minimum atomic E-state index is -0.292. The zero-order valence-corrected chi connectivity index (χ0v) is 15.6. The molecule has 2 bridgehead atoms. The number of ether oxygens (including phenoxy) is 1. The van der Waals surface area contributed by atoms with Crippen molar-refractivity contribution in [2.24, 2.45) is 23.7 Å². The summed E-state index contributed by atoms with van der Waals surface area (Å²) >= 11 is 0. The summed E-state index contributed by atoms with van der Waals surface area (Å²) in [6.45, 7) is 4.50. The van der Waals surface area contributed by atoms with Crippen molar-refractivity contribution in [2.45, 2.75) is 33.1 Å². The fourth-order valence-corrected chi connectivity index (χ4v) is 4.15. The smallest absolute Gasteiger partial charge is 0.313 e. The number of esters is 1. The number of hydrogen-bond acceptors (Lipinski definition) is 3. The molecule has 3 unspecified atom stereocenters. The van der Waals surface area contributed by atoms with Gasteiger partial charge in [0.2, 0.25) is 0 Å². The maximum Gasteiger partial charge on any atom is 0.313 e. The molecule has 0 radical (unpaired) electrons. The normalized spacial score (nSPS) is 25.4. The molecule has 2 aliphatic carbocycles. The molecule has 136 valence electrons. The van der Waals surface area contributed by atoms with Gasteiger partial charge in [-0.3, -0.25) is 4.79 Å². The molecule has 3 rings (SSSR count). The maximum atomic E-state index is 14.6. The molecule has 25 heavy (non-hydrogen) atoms. The van der Waals surface area contributed by atoms with Gasteiger partial charge in [-0.05, 0) is 74.9 Å². The lowest BCUT2D eigenvalue weighted by molar-refractivity contribution is -0.137. The quantitative estimate of drug-likeness (QED) is 0.586. The van der Waals surface area contributed by atoms with Gasteiger partial charge in [0.25, 0.3) is 0 Å². The number of carbonyl (C=O) groups excluding carboxylic acids is 1. The molecule has 3 atom stereocenters. The Morgan fingerprint density at radius 1 is 1.32 bits per heavy atom. The van der Waals surface area contributed by atoms with Crippen LogP contribution in [0.3, 0.4) is 0 Å². The van der Waals surface area contributed by atoms with Gasteiger partial charge in [-0.2, -0.15) is 0 Å². The molecule has 0 amide bonds. The lowest BCUT2D eigenvalue weighted by atomic mass is 9.76. The van der Waals surface area contributed by atoms with Gasteiger partial charge in [0.15, 0.2) is 0 Å². The minimum absolute atomic E-state index is 0.209. The summed E-state index contributed by atoms with van der Waals surface area (Å²) in [5.74, 6) is 1.20. The Morgan fingerprint density at radius 3 is 2.76 bits per heavy atom. The summed E-state index contributed by atoms with van der Waals surface area (Å²) in [6.07, 6.45) is 5.89. The second kappa shape index (κ2) is 7.28. The first-order valence-corrected chi connectivity index (χ1v) is 9.23. The van der Waals surface area contributed by atoms with Gasteiger partial charge in [-0.25, -0.2) is 4.39 Å². The fourth-order valence-electron chi connectivity index (χ4n) is 4.15. The number of halogens is 1. The van der Waals surface area contributed by atoms with E-state index in [2.05, 4.69) is 25.1 Å². The van der Waals surface area contributed by atoms with Crippen LogP contribution in [0.1, 0.15) is 38.7 Å². The highest BCUT2D eigenvalue weighted by molar-refractivity contribution is 5.76. The van der Waals surface area contributed by atoms with Gasteiger partial charge in [-0.1, -0.05) is 19.9 Å². The van der Waals surface area contributed by atoms with Crippen LogP contribution in [-0.4, -0.2) is 31.5 Å². The monoisotopic (exact) mass is 345 g/mol. The molecule has 3 nitrogen and oxygen atoms in total. The van der Waals surface area contributed by atoms with Gasteiger partial charge in [-0.15, -0.1) is 0 Å². The molecule has 1 aromatic rings. The van der Waals surface area contributed by atoms with Gasteiger partial charge < -0.3 is 9.64 Å². The van der Waals surface area contributed by atoms with Gasteiger partial charge in [0.05, 0.1) is 5.92 Å². The van der Waals surface area contributed by atoms with E-state index in [1.165, 1.54) is 31.4 Å². The first-order chi connectivity index (χ1) is 11.8. The van der Waals surface area contributed by atoms with Crippen molar-refractivity contribution in [3.8, 4) is 5.75 Å². The Bertz CT molecular complexity index is 680. The predicted molar refractivity (Wildman–Crippen MR) is 97.7 cm³/mol. The van der Waals surface area contributed by atoms with E-state index in [9.17, 15) is 9.18 Å². The Hall–Kier alpha value is -1.68. The molecule has 0 N–H and O–H groups in total. The molecule has 2 aliphatic rings. The molecule has 1 fully saturated rings. The molecule has 4 heteroatoms. The minimum Gasteiger partial charge on any atom is -0.426 e. The van der Waals surface area contributed by atoms with Crippen LogP contribution in [-0.2, 0) is 4.79 Å². The van der Waals surface area contributed by atoms with Crippen LogP contribution < -0.4 is 4.74 Å². The highest BCUT2D eigenvalue weighted by Gasteiger charge is 2.38. The van der Waals surface area contributed by atoms with Crippen molar-refractivity contribution < 1.29 is 13.9 Å². The molecule has 0 heterocycles. The second-order valence-electron chi connectivity index (χ2n) is 8.04. The van der Waals surface area contributed by atoms with Crippen molar-refractivity contribution in [2.75, 3.05) is 20.6 Å². The van der Waals surface area contributed by atoms with Crippen molar-refractivity contribution in [3.63, 3.8) is 0 Å². The topological polar surface area (TPSA) is 29.5 Å². The van der Waals surface area contributed by atoms with Crippen LogP contribution in [0, 0.1) is 29.5 Å². The van der Waals surface area contributed by atoms with E-state index in [1.54, 1.807) is 19.9 Å². The number of nitrogens with zero attached hydrogens (tertiary/aromatic N) is 1. The molecular formula is C21H28FNO2. The van der Waals surface area contributed by atoms with Crippen molar-refractivity contribution in [1.82, 2.24) is 4.90 Å². The van der Waals surface area contributed by atoms with Gasteiger partial charge in [0, 0.05) is 12.1 Å². The molecule has 0 spiro atoms. The second-order valence-corrected chi connectivity index (χ2v) is 8.04. The molecule has 0 aliphatic heterocycles. The average molecular weight is 345 g/mol. The Balaban J connectivity index is 1.94. The van der Waals surface area contributed by atoms with Gasteiger partial charge in [0.1, 0.15) is 11.6 Å². The van der Waals surface area contributed by atoms with E-state index >= 15 is 0 Å². The SMILES string of the molecule is CC(C)C(=O)Oc1ccc(F)c(C2=CC3CCC(C3)C2CN(C)C)c1. The van der Waals surface area contributed by atoms with Crippen LogP contribution in [0.5, 0.6) is 5.75 Å². The van der Waals surface area contributed by atoms with Crippen molar-refractivity contribution >= 4 is 11.5 Å². The standard InChI is InChI=1S/C21H28FNO2/c1-13(2)21(24)25-16-7-8-20(22)18(11-16)17-10-14-5-6-15(9-14)19(17)12-23(3)4/h7-8,10-11,13-15,19H,5-6,9,12H2,1-4H3. The first kappa shape index (κ1) is 18.1. The zero-order valence-electron chi connectivity index (χ0n) is 15.6. The van der Waals surface area contributed by atoms with Crippen LogP contribution >= 0.6 is 0 Å². The van der Waals surface area contributed by atoms with Gasteiger partial charge >= 0.3 is 5.97 Å². The lowest BCUT2D eigenvalue weighted by Crippen LogP contribution is -2.29. The Kier molecular flexibility index (Phi) is 5.28. The highest BCUT2D eigenvalue weighted by atomic mass is 19.1. The highest BCUT2D eigenvalue weighted by Crippen LogP contribution is 2.48. The summed E-state index contributed by atoms with van der Waals surface area (Å²) in [5, 5.41) is 0. The number of fused-ring (bicyclic) bond motifs is 2. The Morgan fingerprint density at radius 2 is 2.08 bits per heavy atom. The number of benzene rings is 1. The largest absolute Gasteiger partial charge is 0.426 e. The van der Waals surface area contributed by atoms with Crippen molar-refractivity contribution in [3.05, 3.63) is 35.7 Å². The summed E-state index contributed by atoms with van der Waals surface area (Å²) in [5.41, 5.74) is 1.69. The first-order valence-electron chi connectivity index (χ1n) is 9.23. The van der Waals surface area contributed by atoms with Crippen LogP contribution in [0.4, 0.5) is 4.39 Å². The van der Waals surface area contributed by atoms with Crippen LogP contribution in [0.25, 0.3) is 5.57 Å². The molecular weight excluding hydrogens is 317 g/mol. The van der Waals surface area contributed by atoms with E-state index in [-0.39, 0.29) is 17.7 Å². The van der Waals surface area contributed by atoms with Crippen molar-refractivity contribution in [1.29, 1.82) is 0 Å². The van der Waals surface area contributed by atoms with Crippen LogP contribution in [0.2, 0.25) is 0 Å². The van der Waals surface area contributed by atoms with E-state index < -0.39 is 0 Å². The molecule has 1 saturated carbocycles. The molecule has 1 aromatic carbocycles. The number of carbonyl (C=O) groups is 1. The third-order valence-corrected chi connectivity index (χ3v) is 5.40. The van der Waals surface area contributed by atoms with E-state index in [0.29, 0.717) is 29.1 Å². The fraction of sp³-hybridized carbons (Fsp3) is 0.571.